The quantitative estimate of drug-likeness (QED) is 0.592. The van der Waals surface area contributed by atoms with Gasteiger partial charge in [-0.1, -0.05) is 35.9 Å². The van der Waals surface area contributed by atoms with Crippen molar-refractivity contribution in [1.82, 2.24) is 4.90 Å². The molecule has 0 N–H and O–H groups in total. The average molecular weight is 491 g/mol. The Bertz CT molecular complexity index is 1200. The minimum absolute atomic E-state index is 0.00253. The maximum atomic E-state index is 13.7. The molecule has 2 heterocycles. The number of carbonyl (C=O) groups is 1. The number of hydrogen-bond acceptors (Lipinski definition) is 5. The predicted molar refractivity (Wildman–Crippen MR) is 132 cm³/mol. The van der Waals surface area contributed by atoms with Gasteiger partial charge in [0.05, 0.1) is 28.2 Å². The van der Waals surface area contributed by atoms with Crippen LogP contribution in [0.15, 0.2) is 50.6 Å². The Morgan fingerprint density at radius 2 is 1.97 bits per heavy atom. The number of rotatable bonds is 2. The number of piperidine rings is 1. The Hall–Kier alpha value is -2.49. The summed E-state index contributed by atoms with van der Waals surface area (Å²) in [4.78, 5) is 23.2. The van der Waals surface area contributed by atoms with Crippen LogP contribution >= 0.6 is 15.9 Å². The minimum Gasteiger partial charge on any atom is -0.370 e. The highest BCUT2D eigenvalue weighted by Crippen LogP contribution is 2.47. The molecule has 1 aromatic carbocycles. The number of allylic oxidation sites excluding steroid dienone is 5. The van der Waals surface area contributed by atoms with Gasteiger partial charge in [0, 0.05) is 34.6 Å². The van der Waals surface area contributed by atoms with Crippen LogP contribution in [0.25, 0.3) is 0 Å². The van der Waals surface area contributed by atoms with E-state index in [0.29, 0.717) is 23.6 Å². The summed E-state index contributed by atoms with van der Waals surface area (Å²) in [5, 5.41) is 9.96. The molecule has 0 atom stereocenters. The highest BCUT2D eigenvalue weighted by atomic mass is 79.9. The van der Waals surface area contributed by atoms with Crippen molar-refractivity contribution >= 4 is 33.1 Å². The number of fused-ring (bicyclic) bond motifs is 3. The van der Waals surface area contributed by atoms with E-state index in [1.165, 1.54) is 0 Å². The second-order valence-corrected chi connectivity index (χ2v) is 10.7. The van der Waals surface area contributed by atoms with Crippen LogP contribution in [0.2, 0.25) is 0 Å². The maximum absolute atomic E-state index is 13.7. The van der Waals surface area contributed by atoms with E-state index in [1.807, 2.05) is 12.1 Å². The van der Waals surface area contributed by atoms with E-state index < -0.39 is 5.41 Å². The van der Waals surface area contributed by atoms with Crippen LogP contribution in [0.5, 0.6) is 0 Å². The van der Waals surface area contributed by atoms with Gasteiger partial charge in [0.1, 0.15) is 6.07 Å². The van der Waals surface area contributed by atoms with Crippen molar-refractivity contribution in [2.75, 3.05) is 32.1 Å². The monoisotopic (exact) mass is 490 g/mol. The first kappa shape index (κ1) is 21.4. The van der Waals surface area contributed by atoms with Gasteiger partial charge >= 0.3 is 0 Å². The molecule has 0 aromatic heterocycles. The topological polar surface area (TPSA) is 59.7 Å². The summed E-state index contributed by atoms with van der Waals surface area (Å²) in [5.74, 6) is -0.00253. The SMILES string of the molecule is CN(C)C1CCN(c2cc3c(cc2C#N)C(=O)C2=C4CC=C(Br)C=C4N=C2C3(C)C)CC1. The molecule has 0 spiro atoms. The van der Waals surface area contributed by atoms with Crippen molar-refractivity contribution in [2.45, 2.75) is 44.6 Å². The van der Waals surface area contributed by atoms with Gasteiger partial charge in [0.25, 0.3) is 0 Å². The summed E-state index contributed by atoms with van der Waals surface area (Å²) in [5.41, 5.74) is 6.20. The molecule has 2 aliphatic carbocycles. The van der Waals surface area contributed by atoms with Gasteiger partial charge in [-0.3, -0.25) is 9.79 Å². The fourth-order valence-electron chi connectivity index (χ4n) is 5.46. The summed E-state index contributed by atoms with van der Waals surface area (Å²) in [6, 6.07) is 6.86. The lowest BCUT2D eigenvalue weighted by atomic mass is 9.67. The Kier molecular flexibility index (Phi) is 5.03. The molecule has 0 unspecified atom stereocenters. The molecule has 5 rings (SSSR count). The number of ketones is 1. The highest BCUT2D eigenvalue weighted by molar-refractivity contribution is 9.11. The van der Waals surface area contributed by atoms with Crippen molar-refractivity contribution in [3.63, 3.8) is 0 Å². The fourth-order valence-corrected chi connectivity index (χ4v) is 5.84. The molecule has 6 heteroatoms. The zero-order valence-corrected chi connectivity index (χ0v) is 20.6. The van der Waals surface area contributed by atoms with Crippen molar-refractivity contribution in [3.05, 3.63) is 62.3 Å². The number of benzene rings is 1. The third-order valence-electron chi connectivity index (χ3n) is 7.38. The molecule has 1 fully saturated rings. The van der Waals surface area contributed by atoms with Gasteiger partial charge < -0.3 is 9.80 Å². The van der Waals surface area contributed by atoms with Crippen LogP contribution in [0.4, 0.5) is 5.69 Å². The predicted octanol–water partition coefficient (Wildman–Crippen LogP) is 4.88. The molecule has 0 radical (unpaired) electrons. The lowest BCUT2D eigenvalue weighted by Crippen LogP contribution is -2.43. The Balaban J connectivity index is 1.61. The van der Waals surface area contributed by atoms with Gasteiger partial charge in [-0.05, 0) is 62.7 Å². The molecule has 0 amide bonds. The van der Waals surface area contributed by atoms with E-state index in [9.17, 15) is 10.1 Å². The number of carbonyl (C=O) groups excluding carboxylic acids is 1. The number of aliphatic imine (C=N–C) groups is 1. The second kappa shape index (κ2) is 7.54. The van der Waals surface area contributed by atoms with E-state index in [4.69, 9.17) is 4.99 Å². The number of nitrogens with zero attached hydrogens (tertiary/aromatic N) is 4. The lowest BCUT2D eigenvalue weighted by molar-refractivity contribution is 0.103. The smallest absolute Gasteiger partial charge is 0.195 e. The normalized spacial score (nSPS) is 22.1. The van der Waals surface area contributed by atoms with Gasteiger partial charge in [0.15, 0.2) is 5.78 Å². The number of halogens is 1. The number of nitriles is 1. The molecule has 164 valence electrons. The largest absolute Gasteiger partial charge is 0.370 e. The number of hydrogen-bond donors (Lipinski definition) is 0. The van der Waals surface area contributed by atoms with Crippen molar-refractivity contribution < 1.29 is 4.79 Å². The number of anilines is 1. The zero-order chi connectivity index (χ0) is 22.8. The van der Waals surface area contributed by atoms with Crippen LogP contribution in [0.3, 0.4) is 0 Å². The lowest BCUT2D eigenvalue weighted by Gasteiger charge is -2.39. The van der Waals surface area contributed by atoms with Crippen LogP contribution in [-0.2, 0) is 5.41 Å². The molecule has 0 saturated carbocycles. The first-order chi connectivity index (χ1) is 15.2. The van der Waals surface area contributed by atoms with E-state index in [0.717, 1.165) is 64.2 Å². The molecule has 32 heavy (non-hydrogen) atoms. The summed E-state index contributed by atoms with van der Waals surface area (Å²) in [6.07, 6.45) is 6.88. The molecule has 5 nitrogen and oxygen atoms in total. The third kappa shape index (κ3) is 3.14. The fraction of sp³-hybridized carbons (Fsp3) is 0.423. The van der Waals surface area contributed by atoms with Gasteiger partial charge in [-0.25, -0.2) is 0 Å². The Morgan fingerprint density at radius 1 is 1.25 bits per heavy atom. The van der Waals surface area contributed by atoms with E-state index in [-0.39, 0.29) is 5.78 Å². The van der Waals surface area contributed by atoms with Crippen LogP contribution in [0, 0.1) is 11.3 Å². The van der Waals surface area contributed by atoms with Crippen molar-refractivity contribution in [1.29, 1.82) is 5.26 Å². The van der Waals surface area contributed by atoms with Gasteiger partial charge in [-0.2, -0.15) is 5.26 Å². The molecule has 1 saturated heterocycles. The van der Waals surface area contributed by atoms with Gasteiger partial charge in [0.2, 0.25) is 0 Å². The first-order valence-corrected chi connectivity index (χ1v) is 12.0. The second-order valence-electron chi connectivity index (χ2n) is 9.80. The summed E-state index contributed by atoms with van der Waals surface area (Å²) in [6.45, 7) is 6.11. The Labute approximate surface area is 197 Å². The maximum Gasteiger partial charge on any atom is 0.195 e. The molecule has 4 aliphatic rings. The molecule has 2 aliphatic heterocycles. The van der Waals surface area contributed by atoms with E-state index in [1.54, 1.807) is 0 Å². The highest BCUT2D eigenvalue weighted by Gasteiger charge is 2.46. The van der Waals surface area contributed by atoms with Crippen LogP contribution < -0.4 is 4.90 Å². The zero-order valence-electron chi connectivity index (χ0n) is 19.0. The van der Waals surface area contributed by atoms with E-state index >= 15 is 0 Å². The molecule has 1 aromatic rings. The third-order valence-corrected chi connectivity index (χ3v) is 7.94. The summed E-state index contributed by atoms with van der Waals surface area (Å²) in [7, 11) is 4.26. The summed E-state index contributed by atoms with van der Waals surface area (Å²) >= 11 is 3.54. The molecular weight excluding hydrogens is 464 g/mol. The van der Waals surface area contributed by atoms with Crippen molar-refractivity contribution in [2.24, 2.45) is 4.99 Å². The standard InChI is InChI=1S/C26H27BrN4O/c1-26(2)20-13-22(31-9-7-17(8-10-31)30(3)4)15(14-28)11-19(20)24(32)23-18-6-5-16(27)12-21(18)29-25(23)26/h5,11-13,17H,6-10H2,1-4H3. The van der Waals surface area contributed by atoms with E-state index in [2.05, 4.69) is 71.9 Å². The number of Topliss-reactive ketones (excluding diaryl/α,β-unsaturated/α-hetero) is 1. The Morgan fingerprint density at radius 3 is 2.62 bits per heavy atom. The van der Waals surface area contributed by atoms with Crippen molar-refractivity contribution in [3.8, 4) is 6.07 Å². The summed E-state index contributed by atoms with van der Waals surface area (Å²) < 4.78 is 0.998. The van der Waals surface area contributed by atoms with Gasteiger partial charge in [-0.15, -0.1) is 0 Å². The molecule has 0 bridgehead atoms. The average Bonchev–Trinajstić information content (AvgIpc) is 3.16. The van der Waals surface area contributed by atoms with Crippen LogP contribution in [-0.4, -0.2) is 49.6 Å². The van der Waals surface area contributed by atoms with Crippen LogP contribution in [0.1, 0.15) is 54.6 Å². The minimum atomic E-state index is -0.416. The molecular formula is C26H27BrN4O. The first-order valence-electron chi connectivity index (χ1n) is 11.2.